The number of aromatic nitrogens is 2. The lowest BCUT2D eigenvalue weighted by molar-refractivity contribution is -0.139. The molecule has 1 aliphatic rings. The molecule has 0 fully saturated rings. The molecular formula is C42H44N6O3. The molecule has 0 aliphatic heterocycles. The third-order valence-electron chi connectivity index (χ3n) is 9.76. The summed E-state index contributed by atoms with van der Waals surface area (Å²) in [7, 11) is 0. The molecule has 4 aromatic carbocycles. The van der Waals surface area contributed by atoms with Crippen LogP contribution in [0.25, 0.3) is 32.8 Å². The number of carboxylic acid groups (broad SMARTS) is 1. The number of aliphatic carboxylic acids is 1. The van der Waals surface area contributed by atoms with Crippen LogP contribution in [0, 0.1) is 0 Å². The molecule has 9 nitrogen and oxygen atoms in total. The Labute approximate surface area is 297 Å². The highest BCUT2D eigenvalue weighted by molar-refractivity contribution is 6.12. The number of carboxylic acids is 1. The van der Waals surface area contributed by atoms with E-state index in [0.29, 0.717) is 29.5 Å². The standard InChI is InChI=1S/C31H33N5O3.C11H11N/c32-18-20-17-24(26-12-3-4-15-34-26)21-9-1-2-10-22(21)28(20)30(37)36-27(31(38)39)14-13-25(33)23-11-5-7-19-8-6-16-35-29(19)23;12-8-10-6-3-5-9-4-1-2-7-11(9)10/h1-4,6,8-10,12,15-17,23,25,27H,5,7,11,13-14,18,32-33H2,(H,36,37)(H,38,39);1-7H,8,12H2/t23?,25?,27-;/m0./s1. The fourth-order valence-electron chi connectivity index (χ4n) is 7.18. The van der Waals surface area contributed by atoms with Crippen molar-refractivity contribution in [3.8, 4) is 11.3 Å². The minimum absolute atomic E-state index is 0.0759. The first-order chi connectivity index (χ1) is 24.9. The summed E-state index contributed by atoms with van der Waals surface area (Å²) in [4.78, 5) is 34.9. The fourth-order valence-corrected chi connectivity index (χ4v) is 7.18. The third-order valence-corrected chi connectivity index (χ3v) is 9.76. The van der Waals surface area contributed by atoms with Crippen LogP contribution in [0.1, 0.15) is 64.3 Å². The van der Waals surface area contributed by atoms with Gasteiger partial charge >= 0.3 is 5.97 Å². The van der Waals surface area contributed by atoms with Crippen LogP contribution in [0.2, 0.25) is 0 Å². The quantitative estimate of drug-likeness (QED) is 0.110. The summed E-state index contributed by atoms with van der Waals surface area (Å²) in [6.45, 7) is 0.728. The average Bonchev–Trinajstić information content (AvgIpc) is 3.18. The molecule has 8 N–H and O–H groups in total. The molecule has 0 saturated heterocycles. The Kier molecular flexibility index (Phi) is 11.4. The largest absolute Gasteiger partial charge is 0.480 e. The number of nitrogens with two attached hydrogens (primary N) is 3. The van der Waals surface area contributed by atoms with Gasteiger partial charge in [-0.05, 0) is 94.6 Å². The minimum Gasteiger partial charge on any atom is -0.480 e. The van der Waals surface area contributed by atoms with E-state index in [-0.39, 0.29) is 24.9 Å². The van der Waals surface area contributed by atoms with Crippen LogP contribution in [0.15, 0.2) is 116 Å². The highest BCUT2D eigenvalue weighted by atomic mass is 16.4. The highest BCUT2D eigenvalue weighted by Crippen LogP contribution is 2.34. The molecular weight excluding hydrogens is 637 g/mol. The number of pyridine rings is 2. The summed E-state index contributed by atoms with van der Waals surface area (Å²) in [6, 6.07) is 32.3. The van der Waals surface area contributed by atoms with Crippen LogP contribution in [0.3, 0.4) is 0 Å². The van der Waals surface area contributed by atoms with Gasteiger partial charge in [0, 0.05) is 48.7 Å². The smallest absolute Gasteiger partial charge is 0.326 e. The van der Waals surface area contributed by atoms with Gasteiger partial charge in [-0.15, -0.1) is 0 Å². The van der Waals surface area contributed by atoms with E-state index in [0.717, 1.165) is 41.6 Å². The van der Waals surface area contributed by atoms with Crippen molar-refractivity contribution in [1.29, 1.82) is 0 Å². The van der Waals surface area contributed by atoms with Gasteiger partial charge in [0.25, 0.3) is 5.91 Å². The zero-order valence-corrected chi connectivity index (χ0v) is 28.5. The lowest BCUT2D eigenvalue weighted by Gasteiger charge is -2.29. The maximum absolute atomic E-state index is 13.6. The number of nitrogens with one attached hydrogen (secondary N) is 1. The predicted molar refractivity (Wildman–Crippen MR) is 203 cm³/mol. The Bertz CT molecular complexity index is 2130. The molecule has 6 aromatic rings. The zero-order chi connectivity index (χ0) is 35.7. The Morgan fingerprint density at radius 2 is 1.49 bits per heavy atom. The number of aryl methyl sites for hydroxylation is 1. The van der Waals surface area contributed by atoms with E-state index in [1.807, 2.05) is 72.8 Å². The van der Waals surface area contributed by atoms with Gasteiger partial charge in [-0.25, -0.2) is 4.79 Å². The molecule has 3 atom stereocenters. The van der Waals surface area contributed by atoms with E-state index < -0.39 is 17.9 Å². The number of nitrogens with zero attached hydrogens (tertiary/aromatic N) is 2. The maximum atomic E-state index is 13.6. The molecule has 51 heavy (non-hydrogen) atoms. The number of carbonyl (C=O) groups is 2. The molecule has 1 amide bonds. The van der Waals surface area contributed by atoms with Gasteiger partial charge in [-0.2, -0.15) is 0 Å². The Hall–Kier alpha value is -5.48. The van der Waals surface area contributed by atoms with Crippen molar-refractivity contribution >= 4 is 33.4 Å². The van der Waals surface area contributed by atoms with Gasteiger partial charge in [0.05, 0.1) is 11.3 Å². The molecule has 0 spiro atoms. The van der Waals surface area contributed by atoms with Crippen molar-refractivity contribution in [2.75, 3.05) is 0 Å². The molecule has 2 aromatic heterocycles. The number of carbonyl (C=O) groups excluding carboxylic acids is 1. The number of rotatable bonds is 10. The number of hydrogen-bond donors (Lipinski definition) is 5. The van der Waals surface area contributed by atoms with Crippen LogP contribution in [0.4, 0.5) is 0 Å². The average molecular weight is 681 g/mol. The number of benzene rings is 4. The highest BCUT2D eigenvalue weighted by Gasteiger charge is 2.30. The molecule has 2 heterocycles. The molecule has 9 heteroatoms. The van der Waals surface area contributed by atoms with Crippen molar-refractivity contribution < 1.29 is 14.7 Å². The SMILES string of the molecule is NCc1cc(-c2ccccn2)c2ccccc2c1C(=O)N[C@@H](CCC(N)C1CCCc2cccnc21)C(=O)O.NCc1cccc2ccccc12. The van der Waals surface area contributed by atoms with Crippen molar-refractivity contribution in [2.24, 2.45) is 17.2 Å². The lowest BCUT2D eigenvalue weighted by Crippen LogP contribution is -2.43. The first kappa shape index (κ1) is 35.3. The minimum atomic E-state index is -1.10. The van der Waals surface area contributed by atoms with E-state index >= 15 is 0 Å². The number of hydrogen-bond acceptors (Lipinski definition) is 7. The number of amides is 1. The second kappa shape index (κ2) is 16.5. The van der Waals surface area contributed by atoms with E-state index in [1.165, 1.54) is 21.9 Å². The third kappa shape index (κ3) is 7.97. The normalized spacial score (nSPS) is 14.9. The van der Waals surface area contributed by atoms with Crippen molar-refractivity contribution in [1.82, 2.24) is 15.3 Å². The van der Waals surface area contributed by atoms with E-state index in [4.69, 9.17) is 17.2 Å². The van der Waals surface area contributed by atoms with E-state index in [9.17, 15) is 14.7 Å². The molecule has 0 bridgehead atoms. The van der Waals surface area contributed by atoms with E-state index in [2.05, 4.69) is 45.6 Å². The van der Waals surface area contributed by atoms with Gasteiger partial charge in [0.15, 0.2) is 0 Å². The maximum Gasteiger partial charge on any atom is 0.326 e. The monoisotopic (exact) mass is 680 g/mol. The predicted octanol–water partition coefficient (Wildman–Crippen LogP) is 6.46. The Balaban J connectivity index is 0.000000313. The van der Waals surface area contributed by atoms with E-state index in [1.54, 1.807) is 12.4 Å². The fraction of sp³-hybridized carbons (Fsp3) is 0.238. The Morgan fingerprint density at radius 1 is 0.784 bits per heavy atom. The Morgan fingerprint density at radius 3 is 2.24 bits per heavy atom. The van der Waals surface area contributed by atoms with Crippen molar-refractivity contribution in [2.45, 2.75) is 63.2 Å². The van der Waals surface area contributed by atoms with Gasteiger partial charge < -0.3 is 27.6 Å². The summed E-state index contributed by atoms with van der Waals surface area (Å²) >= 11 is 0. The second-order valence-electron chi connectivity index (χ2n) is 12.9. The van der Waals surface area contributed by atoms with Crippen LogP contribution in [0.5, 0.6) is 0 Å². The first-order valence-electron chi connectivity index (χ1n) is 17.5. The van der Waals surface area contributed by atoms with Gasteiger partial charge in [0.1, 0.15) is 6.04 Å². The van der Waals surface area contributed by atoms with Crippen LogP contribution < -0.4 is 22.5 Å². The molecule has 1 aliphatic carbocycles. The molecule has 0 radical (unpaired) electrons. The summed E-state index contributed by atoms with van der Waals surface area (Å²) in [6.07, 6.45) is 7.09. The van der Waals surface area contributed by atoms with Crippen LogP contribution >= 0.6 is 0 Å². The molecule has 2 unspecified atom stereocenters. The van der Waals surface area contributed by atoms with Gasteiger partial charge in [-0.1, -0.05) is 78.9 Å². The molecule has 7 rings (SSSR count). The van der Waals surface area contributed by atoms with Crippen molar-refractivity contribution in [3.05, 3.63) is 143 Å². The second-order valence-corrected chi connectivity index (χ2v) is 12.9. The van der Waals surface area contributed by atoms with Crippen LogP contribution in [-0.2, 0) is 24.3 Å². The first-order valence-corrected chi connectivity index (χ1v) is 17.5. The zero-order valence-electron chi connectivity index (χ0n) is 28.5. The molecule has 260 valence electrons. The number of fused-ring (bicyclic) bond motifs is 3. The van der Waals surface area contributed by atoms with Gasteiger partial charge in [0.2, 0.25) is 0 Å². The topological polar surface area (TPSA) is 170 Å². The summed E-state index contributed by atoms with van der Waals surface area (Å²) in [5, 5.41) is 16.8. The molecule has 0 saturated carbocycles. The van der Waals surface area contributed by atoms with Crippen LogP contribution in [-0.4, -0.2) is 39.0 Å². The summed E-state index contributed by atoms with van der Waals surface area (Å²) in [5.41, 5.74) is 24.4. The summed E-state index contributed by atoms with van der Waals surface area (Å²) < 4.78 is 0. The van der Waals surface area contributed by atoms with Gasteiger partial charge in [-0.3, -0.25) is 14.8 Å². The lowest BCUT2D eigenvalue weighted by atomic mass is 9.80. The summed E-state index contributed by atoms with van der Waals surface area (Å²) in [5.74, 6) is -1.49. The van der Waals surface area contributed by atoms with Crippen molar-refractivity contribution in [3.63, 3.8) is 0 Å².